The summed E-state index contributed by atoms with van der Waals surface area (Å²) in [7, 11) is 0. The molecule has 1 atom stereocenters. The number of nitriles is 1. The molecule has 1 unspecified atom stereocenters. The fraction of sp³-hybridized carbons (Fsp3) is 0.250. The van der Waals surface area contributed by atoms with Crippen molar-refractivity contribution in [1.82, 2.24) is 10.1 Å². The molecule has 0 aliphatic heterocycles. The first kappa shape index (κ1) is 11.3. The van der Waals surface area contributed by atoms with Crippen LogP contribution in [0.3, 0.4) is 0 Å². The molecule has 1 aromatic heterocycles. The molecule has 0 radical (unpaired) electrons. The molecule has 1 heterocycles. The highest BCUT2D eigenvalue weighted by molar-refractivity contribution is 5.55. The highest BCUT2D eigenvalue weighted by atomic mass is 16.5. The SMILES string of the molecule is CC(CN)c1noc(-c2cccc(C#N)c2)n1. The molecule has 0 aliphatic carbocycles. The second kappa shape index (κ2) is 4.76. The number of hydrogen-bond donors (Lipinski definition) is 1. The fourth-order valence-electron chi connectivity index (χ4n) is 1.38. The maximum absolute atomic E-state index is 8.81. The minimum absolute atomic E-state index is 0.0617. The Bertz CT molecular complexity index is 556. The zero-order valence-electron chi connectivity index (χ0n) is 9.42. The van der Waals surface area contributed by atoms with Crippen LogP contribution in [0.4, 0.5) is 0 Å². The number of rotatable bonds is 3. The lowest BCUT2D eigenvalue weighted by molar-refractivity contribution is 0.418. The van der Waals surface area contributed by atoms with E-state index in [-0.39, 0.29) is 5.92 Å². The summed E-state index contributed by atoms with van der Waals surface area (Å²) in [5.74, 6) is 1.06. The first-order valence-corrected chi connectivity index (χ1v) is 5.29. The molecule has 0 fully saturated rings. The Balaban J connectivity index is 2.34. The van der Waals surface area contributed by atoms with Crippen molar-refractivity contribution in [2.45, 2.75) is 12.8 Å². The molecule has 17 heavy (non-hydrogen) atoms. The van der Waals surface area contributed by atoms with E-state index in [0.717, 1.165) is 5.56 Å². The van der Waals surface area contributed by atoms with E-state index in [1.807, 2.05) is 13.0 Å². The Kier molecular flexibility index (Phi) is 3.17. The lowest BCUT2D eigenvalue weighted by Gasteiger charge is -1.99. The van der Waals surface area contributed by atoms with Gasteiger partial charge in [-0.2, -0.15) is 10.2 Å². The minimum atomic E-state index is 0.0617. The van der Waals surface area contributed by atoms with Crippen molar-refractivity contribution in [2.75, 3.05) is 6.54 Å². The molecule has 86 valence electrons. The van der Waals surface area contributed by atoms with Crippen molar-refractivity contribution in [3.63, 3.8) is 0 Å². The van der Waals surface area contributed by atoms with Gasteiger partial charge in [-0.15, -0.1) is 0 Å². The number of nitrogens with two attached hydrogens (primary N) is 1. The predicted octanol–water partition coefficient (Wildman–Crippen LogP) is 1.67. The van der Waals surface area contributed by atoms with E-state index in [2.05, 4.69) is 16.2 Å². The summed E-state index contributed by atoms with van der Waals surface area (Å²) in [6.07, 6.45) is 0. The largest absolute Gasteiger partial charge is 0.334 e. The van der Waals surface area contributed by atoms with Crippen LogP contribution in [0.1, 0.15) is 24.2 Å². The Morgan fingerprint density at radius 3 is 3.06 bits per heavy atom. The third-order valence-electron chi connectivity index (χ3n) is 2.47. The van der Waals surface area contributed by atoms with Crippen LogP contribution < -0.4 is 5.73 Å². The van der Waals surface area contributed by atoms with Crippen LogP contribution in [0.25, 0.3) is 11.5 Å². The van der Waals surface area contributed by atoms with Crippen LogP contribution in [0.15, 0.2) is 28.8 Å². The molecule has 1 aromatic carbocycles. The van der Waals surface area contributed by atoms with E-state index in [1.54, 1.807) is 18.2 Å². The smallest absolute Gasteiger partial charge is 0.257 e. The van der Waals surface area contributed by atoms with Gasteiger partial charge < -0.3 is 10.3 Å². The van der Waals surface area contributed by atoms with Crippen LogP contribution in [-0.2, 0) is 0 Å². The quantitative estimate of drug-likeness (QED) is 0.863. The van der Waals surface area contributed by atoms with E-state index < -0.39 is 0 Å². The van der Waals surface area contributed by atoms with Gasteiger partial charge in [-0.25, -0.2) is 0 Å². The van der Waals surface area contributed by atoms with Gasteiger partial charge in [0.15, 0.2) is 5.82 Å². The van der Waals surface area contributed by atoms with Gasteiger partial charge in [0, 0.05) is 18.0 Å². The van der Waals surface area contributed by atoms with Gasteiger partial charge in [0.25, 0.3) is 5.89 Å². The Morgan fingerprint density at radius 2 is 2.35 bits per heavy atom. The number of benzene rings is 1. The summed E-state index contributed by atoms with van der Waals surface area (Å²) in [5.41, 5.74) is 6.84. The molecule has 5 heteroatoms. The summed E-state index contributed by atoms with van der Waals surface area (Å²) in [5, 5.41) is 12.7. The third-order valence-corrected chi connectivity index (χ3v) is 2.47. The molecule has 0 amide bonds. The van der Waals surface area contributed by atoms with Gasteiger partial charge in [-0.05, 0) is 18.2 Å². The zero-order chi connectivity index (χ0) is 12.3. The molecule has 0 saturated carbocycles. The van der Waals surface area contributed by atoms with Gasteiger partial charge in [0.05, 0.1) is 11.6 Å². The fourth-order valence-corrected chi connectivity index (χ4v) is 1.38. The maximum Gasteiger partial charge on any atom is 0.257 e. The van der Waals surface area contributed by atoms with Crippen molar-refractivity contribution in [2.24, 2.45) is 5.73 Å². The van der Waals surface area contributed by atoms with E-state index in [0.29, 0.717) is 23.8 Å². The Morgan fingerprint density at radius 1 is 1.53 bits per heavy atom. The third kappa shape index (κ3) is 2.32. The van der Waals surface area contributed by atoms with Gasteiger partial charge in [0.2, 0.25) is 0 Å². The summed E-state index contributed by atoms with van der Waals surface area (Å²) < 4.78 is 5.15. The van der Waals surface area contributed by atoms with E-state index in [4.69, 9.17) is 15.5 Å². The van der Waals surface area contributed by atoms with Crippen molar-refractivity contribution < 1.29 is 4.52 Å². The van der Waals surface area contributed by atoms with Gasteiger partial charge >= 0.3 is 0 Å². The summed E-state index contributed by atoms with van der Waals surface area (Å²) in [6.45, 7) is 2.40. The normalized spacial score (nSPS) is 12.1. The van der Waals surface area contributed by atoms with E-state index in [1.165, 1.54) is 0 Å². The van der Waals surface area contributed by atoms with E-state index >= 15 is 0 Å². The average Bonchev–Trinajstić information content (AvgIpc) is 2.87. The molecule has 0 bridgehead atoms. The summed E-state index contributed by atoms with van der Waals surface area (Å²) in [6, 6.07) is 9.11. The van der Waals surface area contributed by atoms with Crippen molar-refractivity contribution in [1.29, 1.82) is 5.26 Å². The van der Waals surface area contributed by atoms with Gasteiger partial charge in [-0.3, -0.25) is 0 Å². The van der Waals surface area contributed by atoms with Gasteiger partial charge in [0.1, 0.15) is 0 Å². The molecule has 2 rings (SSSR count). The predicted molar refractivity (Wildman–Crippen MR) is 61.9 cm³/mol. The highest BCUT2D eigenvalue weighted by Crippen LogP contribution is 2.20. The molecule has 2 aromatic rings. The van der Waals surface area contributed by atoms with Crippen LogP contribution in [-0.4, -0.2) is 16.7 Å². The summed E-state index contributed by atoms with van der Waals surface area (Å²) in [4.78, 5) is 4.26. The van der Waals surface area contributed by atoms with Crippen LogP contribution in [0.2, 0.25) is 0 Å². The van der Waals surface area contributed by atoms with Crippen molar-refractivity contribution >= 4 is 0 Å². The first-order chi connectivity index (χ1) is 8.24. The Hall–Kier alpha value is -2.19. The van der Waals surface area contributed by atoms with Crippen molar-refractivity contribution in [3.8, 4) is 17.5 Å². The number of nitrogens with zero attached hydrogens (tertiary/aromatic N) is 3. The molecule has 0 aliphatic rings. The van der Waals surface area contributed by atoms with E-state index in [9.17, 15) is 0 Å². The number of aromatic nitrogens is 2. The Labute approximate surface area is 98.9 Å². The van der Waals surface area contributed by atoms with Gasteiger partial charge in [-0.1, -0.05) is 18.1 Å². The number of hydrogen-bond acceptors (Lipinski definition) is 5. The zero-order valence-corrected chi connectivity index (χ0v) is 9.42. The molecular formula is C12H12N4O. The lowest BCUT2D eigenvalue weighted by atomic mass is 10.1. The highest BCUT2D eigenvalue weighted by Gasteiger charge is 2.13. The topological polar surface area (TPSA) is 88.7 Å². The second-order valence-electron chi connectivity index (χ2n) is 3.79. The second-order valence-corrected chi connectivity index (χ2v) is 3.79. The van der Waals surface area contributed by atoms with Crippen LogP contribution >= 0.6 is 0 Å². The molecule has 0 spiro atoms. The lowest BCUT2D eigenvalue weighted by Crippen LogP contribution is -2.10. The first-order valence-electron chi connectivity index (χ1n) is 5.29. The molecule has 2 N–H and O–H groups in total. The van der Waals surface area contributed by atoms with Crippen molar-refractivity contribution in [3.05, 3.63) is 35.7 Å². The maximum atomic E-state index is 8.81. The molecular weight excluding hydrogens is 216 g/mol. The van der Waals surface area contributed by atoms with Crippen LogP contribution in [0.5, 0.6) is 0 Å². The summed E-state index contributed by atoms with van der Waals surface area (Å²) >= 11 is 0. The van der Waals surface area contributed by atoms with Crippen LogP contribution in [0, 0.1) is 11.3 Å². The molecule has 0 saturated heterocycles. The monoisotopic (exact) mass is 228 g/mol. The average molecular weight is 228 g/mol. The standard InChI is InChI=1S/C12H12N4O/c1-8(6-13)11-15-12(17-16-11)10-4-2-3-9(5-10)7-14/h2-5,8H,6,13H2,1H3. The minimum Gasteiger partial charge on any atom is -0.334 e. The molecule has 5 nitrogen and oxygen atoms in total.